The van der Waals surface area contributed by atoms with Gasteiger partial charge >= 0.3 is 0 Å². The Kier molecular flexibility index (Phi) is 3.77. The predicted molar refractivity (Wildman–Crippen MR) is 90.1 cm³/mol. The number of hydrogen-bond acceptors (Lipinski definition) is 6. The molecule has 0 atom stereocenters. The van der Waals surface area contributed by atoms with Gasteiger partial charge in [0.1, 0.15) is 20.7 Å². The Bertz CT molecular complexity index is 831. The van der Waals surface area contributed by atoms with Crippen molar-refractivity contribution >= 4 is 42.0 Å². The molecule has 2 N–H and O–H groups in total. The second-order valence-electron chi connectivity index (χ2n) is 4.88. The van der Waals surface area contributed by atoms with Crippen LogP contribution in [0.15, 0.2) is 24.3 Å². The number of carbonyl (C=O) groups excluding carboxylic acids is 2. The Morgan fingerprint density at radius 3 is 2.36 bits per heavy atom. The minimum absolute atomic E-state index is 0.00586. The molecule has 5 nitrogen and oxygen atoms in total. The van der Waals surface area contributed by atoms with Crippen molar-refractivity contribution in [3.63, 3.8) is 0 Å². The van der Waals surface area contributed by atoms with Gasteiger partial charge in [0.05, 0.1) is 11.1 Å². The van der Waals surface area contributed by atoms with Crippen LogP contribution >= 0.6 is 30.4 Å². The summed E-state index contributed by atoms with van der Waals surface area (Å²) in [6.45, 7) is 1.79. The summed E-state index contributed by atoms with van der Waals surface area (Å²) < 4.78 is 5.38. The highest BCUT2D eigenvalue weighted by Gasteiger charge is 2.35. The molecular formula is C15H9IO5S. The fourth-order valence-corrected chi connectivity index (χ4v) is 3.35. The van der Waals surface area contributed by atoms with Crippen LogP contribution in [0.2, 0.25) is 0 Å². The number of rotatable bonds is 2. The van der Waals surface area contributed by atoms with Crippen molar-refractivity contribution in [3.8, 4) is 17.2 Å². The Hall–Kier alpha value is -1.74. The first kappa shape index (κ1) is 15.2. The molecule has 112 valence electrons. The summed E-state index contributed by atoms with van der Waals surface area (Å²) in [5, 5.41) is 19.5. The van der Waals surface area contributed by atoms with E-state index in [-0.39, 0.29) is 33.8 Å². The molecule has 0 unspecified atom stereocenters. The summed E-state index contributed by atoms with van der Waals surface area (Å²) >= 11 is 1.92. The van der Waals surface area contributed by atoms with E-state index in [1.54, 1.807) is 19.1 Å². The Morgan fingerprint density at radius 2 is 1.68 bits per heavy atom. The molecule has 0 bridgehead atoms. The van der Waals surface area contributed by atoms with E-state index in [1.807, 2.05) is 21.2 Å². The smallest absolute Gasteiger partial charge is 0.202 e. The monoisotopic (exact) mass is 428 g/mol. The number of hydrogen-bond donors (Lipinski definition) is 2. The largest absolute Gasteiger partial charge is 0.508 e. The second-order valence-corrected chi connectivity index (χ2v) is 6.25. The molecule has 7 heteroatoms. The van der Waals surface area contributed by atoms with Crippen molar-refractivity contribution in [2.24, 2.45) is 0 Å². The quantitative estimate of drug-likeness (QED) is 0.480. The van der Waals surface area contributed by atoms with Crippen LogP contribution in [0.3, 0.4) is 0 Å². The molecule has 0 amide bonds. The average molecular weight is 428 g/mol. The molecule has 2 aromatic rings. The lowest BCUT2D eigenvalue weighted by Gasteiger charge is -2.21. The summed E-state index contributed by atoms with van der Waals surface area (Å²) in [7, 11) is 1.03. The lowest BCUT2D eigenvalue weighted by molar-refractivity contribution is 0.0975. The first-order valence-corrected chi connectivity index (χ1v) is 9.47. The molecule has 1 aliphatic rings. The van der Waals surface area contributed by atoms with E-state index in [0.29, 0.717) is 0 Å². The summed E-state index contributed by atoms with van der Waals surface area (Å²) in [5.74, 6) is -1.34. The van der Waals surface area contributed by atoms with Crippen molar-refractivity contribution in [2.75, 3.05) is 0 Å². The molecule has 0 aliphatic heterocycles. The van der Waals surface area contributed by atoms with Crippen molar-refractivity contribution in [1.82, 2.24) is 0 Å². The number of fused-ring (bicyclic) bond motifs is 2. The van der Waals surface area contributed by atoms with E-state index in [1.165, 1.54) is 6.07 Å². The predicted octanol–water partition coefficient (Wildman–Crippen LogP) is 3.56. The van der Waals surface area contributed by atoms with Gasteiger partial charge in [-0.15, -0.1) is 0 Å². The molecule has 1 aliphatic carbocycles. The van der Waals surface area contributed by atoms with Crippen LogP contribution in [0.1, 0.15) is 37.4 Å². The van der Waals surface area contributed by atoms with Gasteiger partial charge in [0.25, 0.3) is 0 Å². The summed E-state index contributed by atoms with van der Waals surface area (Å²) in [4.78, 5) is 25.3. The highest BCUT2D eigenvalue weighted by molar-refractivity contribution is 14.2. The number of aryl methyl sites for hydroxylation is 1. The van der Waals surface area contributed by atoms with E-state index >= 15 is 0 Å². The number of phenols is 2. The molecule has 0 saturated heterocycles. The Morgan fingerprint density at radius 1 is 1.00 bits per heavy atom. The van der Waals surface area contributed by atoms with Crippen LogP contribution in [0.5, 0.6) is 17.2 Å². The third kappa shape index (κ3) is 2.24. The van der Waals surface area contributed by atoms with Gasteiger partial charge < -0.3 is 14.4 Å². The molecule has 0 radical (unpaired) electrons. The fraction of sp³-hybridized carbons (Fsp3) is 0.0667. The van der Waals surface area contributed by atoms with Crippen LogP contribution < -0.4 is 4.18 Å². The van der Waals surface area contributed by atoms with E-state index in [0.717, 1.165) is 20.8 Å². The Labute approximate surface area is 142 Å². The van der Waals surface area contributed by atoms with Crippen LogP contribution in [-0.2, 0) is 0 Å². The first-order valence-electron chi connectivity index (χ1n) is 6.19. The van der Waals surface area contributed by atoms with Gasteiger partial charge in [0, 0.05) is 38.4 Å². The number of benzene rings is 2. The van der Waals surface area contributed by atoms with Crippen LogP contribution in [0, 0.1) is 6.92 Å². The molecule has 3 rings (SSSR count). The lowest BCUT2D eigenvalue weighted by atomic mass is 9.82. The average Bonchev–Trinajstić information content (AvgIpc) is 2.43. The van der Waals surface area contributed by atoms with Gasteiger partial charge in [-0.3, -0.25) is 9.59 Å². The summed E-state index contributed by atoms with van der Waals surface area (Å²) in [5.41, 5.74) is 1.00. The van der Waals surface area contributed by atoms with E-state index in [2.05, 4.69) is 0 Å². The molecule has 2 aromatic carbocycles. The fourth-order valence-electron chi connectivity index (χ4n) is 2.57. The van der Waals surface area contributed by atoms with Crippen molar-refractivity contribution in [2.45, 2.75) is 6.92 Å². The number of aromatic hydroxyl groups is 2. The van der Waals surface area contributed by atoms with Gasteiger partial charge in [0.2, 0.25) is 5.78 Å². The van der Waals surface area contributed by atoms with Crippen molar-refractivity contribution in [1.29, 1.82) is 0 Å². The maximum absolute atomic E-state index is 12.7. The number of carbonyl (C=O) groups is 2. The number of halogens is 1. The molecule has 0 saturated carbocycles. The maximum atomic E-state index is 12.7. The van der Waals surface area contributed by atoms with Gasteiger partial charge in [-0.1, -0.05) is 0 Å². The molecule has 0 heterocycles. The summed E-state index contributed by atoms with van der Waals surface area (Å²) in [6, 6.07) is 5.49. The van der Waals surface area contributed by atoms with E-state index in [4.69, 9.17) is 4.18 Å². The molecule has 0 spiro atoms. The second kappa shape index (κ2) is 5.47. The SMILES string of the molecule is Cc1cc(OSI)c2c(c1)C(=O)c1cc(O)cc(O)c1C2=O. The van der Waals surface area contributed by atoms with Crippen LogP contribution in [0.4, 0.5) is 0 Å². The van der Waals surface area contributed by atoms with E-state index < -0.39 is 17.3 Å². The number of ketones is 2. The molecule has 0 aromatic heterocycles. The highest BCUT2D eigenvalue weighted by atomic mass is 127. The topological polar surface area (TPSA) is 83.8 Å². The van der Waals surface area contributed by atoms with Crippen molar-refractivity contribution in [3.05, 3.63) is 52.1 Å². The normalized spacial score (nSPS) is 12.8. The lowest BCUT2D eigenvalue weighted by Crippen LogP contribution is -2.22. The third-order valence-electron chi connectivity index (χ3n) is 3.41. The minimum atomic E-state index is -0.498. The van der Waals surface area contributed by atoms with Gasteiger partial charge in [-0.2, -0.15) is 0 Å². The van der Waals surface area contributed by atoms with Crippen LogP contribution in [-0.4, -0.2) is 21.8 Å². The highest BCUT2D eigenvalue weighted by Crippen LogP contribution is 2.40. The maximum Gasteiger partial charge on any atom is 0.202 e. The first-order chi connectivity index (χ1) is 10.4. The van der Waals surface area contributed by atoms with E-state index in [9.17, 15) is 19.8 Å². The van der Waals surface area contributed by atoms with Crippen molar-refractivity contribution < 1.29 is 24.0 Å². The zero-order chi connectivity index (χ0) is 16.0. The standard InChI is InChI=1S/C15H9IO5S/c1-6-2-8-13(11(3-6)21-22-16)15(20)12-9(14(8)19)4-7(17)5-10(12)18/h2-5,17-18H,1H3. The van der Waals surface area contributed by atoms with Gasteiger partial charge in [-0.25, -0.2) is 0 Å². The molecule has 0 fully saturated rings. The Balaban J connectivity index is 2.34. The zero-order valence-electron chi connectivity index (χ0n) is 11.2. The summed E-state index contributed by atoms with van der Waals surface area (Å²) in [6.07, 6.45) is 0. The molecule has 22 heavy (non-hydrogen) atoms. The third-order valence-corrected chi connectivity index (χ3v) is 4.20. The van der Waals surface area contributed by atoms with Crippen LogP contribution in [0.25, 0.3) is 0 Å². The molecular weight excluding hydrogens is 419 g/mol. The zero-order valence-corrected chi connectivity index (χ0v) is 14.2. The van der Waals surface area contributed by atoms with Gasteiger partial charge in [-0.05, 0) is 30.7 Å². The van der Waals surface area contributed by atoms with Gasteiger partial charge in [0.15, 0.2) is 11.5 Å². The number of phenolic OH excluding ortho intramolecular Hbond substituents is 2. The minimum Gasteiger partial charge on any atom is -0.508 e.